The van der Waals surface area contributed by atoms with Gasteiger partial charge in [-0.25, -0.2) is 9.18 Å². The second-order valence-corrected chi connectivity index (χ2v) is 2.89. The van der Waals surface area contributed by atoms with Crippen LogP contribution in [-0.4, -0.2) is 4.98 Å². The lowest BCUT2D eigenvalue weighted by Crippen LogP contribution is -2.17. The first-order chi connectivity index (χ1) is 7.15. The van der Waals surface area contributed by atoms with E-state index in [9.17, 15) is 14.0 Å². The maximum atomic E-state index is 12.6. The summed E-state index contributed by atoms with van der Waals surface area (Å²) in [6, 6.07) is 6.42. The molecule has 76 valence electrons. The summed E-state index contributed by atoms with van der Waals surface area (Å²) in [5.74, 6) is -1.11. The van der Waals surface area contributed by atoms with E-state index in [4.69, 9.17) is 4.42 Å². The normalized spacial score (nSPS) is 10.2. The van der Waals surface area contributed by atoms with Crippen molar-refractivity contribution in [2.45, 2.75) is 0 Å². The van der Waals surface area contributed by atoms with Gasteiger partial charge < -0.3 is 4.42 Å². The summed E-state index contributed by atoms with van der Waals surface area (Å²) in [6.45, 7) is 0. The van der Waals surface area contributed by atoms with E-state index in [0.29, 0.717) is 5.56 Å². The minimum atomic E-state index is -0.832. The monoisotopic (exact) mass is 207 g/mol. The topological polar surface area (TPSA) is 63.1 Å². The molecular weight excluding hydrogens is 201 g/mol. The Morgan fingerprint density at radius 3 is 2.40 bits per heavy atom. The second kappa shape index (κ2) is 3.53. The van der Waals surface area contributed by atoms with E-state index in [2.05, 4.69) is 0 Å². The van der Waals surface area contributed by atoms with Crippen molar-refractivity contribution in [2.24, 2.45) is 0 Å². The Kier molecular flexibility index (Phi) is 2.21. The zero-order valence-electron chi connectivity index (χ0n) is 7.49. The van der Waals surface area contributed by atoms with E-state index >= 15 is 0 Å². The summed E-state index contributed by atoms with van der Waals surface area (Å²) >= 11 is 0. The third-order valence-corrected chi connectivity index (χ3v) is 1.82. The van der Waals surface area contributed by atoms with E-state index in [1.165, 1.54) is 24.3 Å². The first kappa shape index (κ1) is 9.39. The molecule has 4 nitrogen and oxygen atoms in total. The minimum Gasteiger partial charge on any atom is -0.409 e. The van der Waals surface area contributed by atoms with Crippen LogP contribution < -0.4 is 11.3 Å². The molecule has 0 aliphatic carbocycles. The molecule has 0 bridgehead atoms. The maximum absolute atomic E-state index is 12.6. The highest BCUT2D eigenvalue weighted by Crippen LogP contribution is 2.15. The number of rotatable bonds is 1. The summed E-state index contributed by atoms with van der Waals surface area (Å²) in [5.41, 5.74) is -0.0785. The Hall–Kier alpha value is -2.17. The number of hydrogen-bond acceptors (Lipinski definition) is 3. The van der Waals surface area contributed by atoms with E-state index in [0.717, 1.165) is 6.07 Å². The Morgan fingerprint density at radius 1 is 1.13 bits per heavy atom. The number of halogens is 1. The van der Waals surface area contributed by atoms with Crippen molar-refractivity contribution in [2.75, 3.05) is 0 Å². The molecule has 2 rings (SSSR count). The van der Waals surface area contributed by atoms with Crippen LogP contribution in [0, 0.1) is 5.82 Å². The molecule has 2 aromatic rings. The number of hydrogen-bond donors (Lipinski definition) is 1. The van der Waals surface area contributed by atoms with Crippen LogP contribution in [0.2, 0.25) is 0 Å². The van der Waals surface area contributed by atoms with Crippen LogP contribution in [0.4, 0.5) is 4.39 Å². The lowest BCUT2D eigenvalue weighted by Gasteiger charge is -1.97. The third-order valence-electron chi connectivity index (χ3n) is 1.82. The molecule has 0 saturated heterocycles. The molecule has 0 radical (unpaired) electrons. The highest BCUT2D eigenvalue weighted by atomic mass is 19.1. The van der Waals surface area contributed by atoms with Crippen molar-refractivity contribution in [3.63, 3.8) is 0 Å². The summed E-state index contributed by atoms with van der Waals surface area (Å²) in [6.07, 6.45) is 0. The highest BCUT2D eigenvalue weighted by molar-refractivity contribution is 5.55. The summed E-state index contributed by atoms with van der Waals surface area (Å²) in [4.78, 5) is 23.8. The molecule has 0 spiro atoms. The predicted octanol–water partition coefficient (Wildman–Crippen LogP) is 1.13. The fourth-order valence-corrected chi connectivity index (χ4v) is 1.17. The Bertz CT molecular complexity index is 554. The molecular formula is C10H6FNO3. The molecule has 1 aromatic carbocycles. The third kappa shape index (κ3) is 2.01. The average Bonchev–Trinajstić information content (AvgIpc) is 2.17. The number of H-pyrrole nitrogens is 1. The summed E-state index contributed by atoms with van der Waals surface area (Å²) < 4.78 is 17.4. The van der Waals surface area contributed by atoms with E-state index in [-0.39, 0.29) is 5.76 Å². The Labute approximate surface area is 83.0 Å². The van der Waals surface area contributed by atoms with E-state index in [1.54, 1.807) is 0 Å². The molecule has 0 aliphatic rings. The number of aromatic nitrogens is 1. The largest absolute Gasteiger partial charge is 0.419 e. The standard InChI is InChI=1S/C10H6FNO3/c11-7-3-1-6(2-4-7)8-5-9(13)12-10(14)15-8/h1-5H,(H,12,13,14). The van der Waals surface area contributed by atoms with Gasteiger partial charge in [-0.2, -0.15) is 0 Å². The number of benzene rings is 1. The van der Waals surface area contributed by atoms with Gasteiger partial charge in [-0.1, -0.05) is 0 Å². The van der Waals surface area contributed by atoms with Gasteiger partial charge in [-0.15, -0.1) is 0 Å². The zero-order valence-corrected chi connectivity index (χ0v) is 7.49. The van der Waals surface area contributed by atoms with Crippen molar-refractivity contribution >= 4 is 0 Å². The summed E-state index contributed by atoms with van der Waals surface area (Å²) in [5, 5.41) is 0. The fraction of sp³-hybridized carbons (Fsp3) is 0. The van der Waals surface area contributed by atoms with Crippen molar-refractivity contribution in [3.05, 3.63) is 57.1 Å². The van der Waals surface area contributed by atoms with Crippen molar-refractivity contribution in [1.29, 1.82) is 0 Å². The van der Waals surface area contributed by atoms with Gasteiger partial charge in [0.15, 0.2) is 0 Å². The lowest BCUT2D eigenvalue weighted by atomic mass is 10.2. The van der Waals surface area contributed by atoms with Gasteiger partial charge in [0.25, 0.3) is 5.56 Å². The van der Waals surface area contributed by atoms with Crippen LogP contribution in [0.3, 0.4) is 0 Å². The van der Waals surface area contributed by atoms with E-state index in [1.807, 2.05) is 4.98 Å². The van der Waals surface area contributed by atoms with Crippen LogP contribution in [0.25, 0.3) is 11.3 Å². The summed E-state index contributed by atoms with van der Waals surface area (Å²) in [7, 11) is 0. The van der Waals surface area contributed by atoms with Crippen LogP contribution in [0.5, 0.6) is 0 Å². The molecule has 0 unspecified atom stereocenters. The van der Waals surface area contributed by atoms with Gasteiger partial charge in [0, 0.05) is 11.6 Å². The van der Waals surface area contributed by atoms with Crippen molar-refractivity contribution in [3.8, 4) is 11.3 Å². The molecule has 0 fully saturated rings. The Balaban J connectivity index is 2.59. The number of nitrogens with one attached hydrogen (secondary N) is 1. The molecule has 5 heteroatoms. The van der Waals surface area contributed by atoms with Crippen LogP contribution in [0.1, 0.15) is 0 Å². The molecule has 1 heterocycles. The smallest absolute Gasteiger partial charge is 0.409 e. The van der Waals surface area contributed by atoms with Gasteiger partial charge in [-0.05, 0) is 24.3 Å². The quantitative estimate of drug-likeness (QED) is 0.762. The predicted molar refractivity (Wildman–Crippen MR) is 51.0 cm³/mol. The molecule has 0 atom stereocenters. The van der Waals surface area contributed by atoms with Gasteiger partial charge in [-0.3, -0.25) is 9.78 Å². The van der Waals surface area contributed by atoms with Crippen LogP contribution in [0.15, 0.2) is 44.3 Å². The van der Waals surface area contributed by atoms with Crippen molar-refractivity contribution < 1.29 is 8.81 Å². The van der Waals surface area contributed by atoms with Crippen LogP contribution in [-0.2, 0) is 0 Å². The first-order valence-electron chi connectivity index (χ1n) is 4.15. The van der Waals surface area contributed by atoms with Crippen LogP contribution >= 0.6 is 0 Å². The van der Waals surface area contributed by atoms with E-state index < -0.39 is 17.1 Å². The molecule has 0 saturated carbocycles. The highest BCUT2D eigenvalue weighted by Gasteiger charge is 2.02. The first-order valence-corrected chi connectivity index (χ1v) is 4.15. The average molecular weight is 207 g/mol. The van der Waals surface area contributed by atoms with Gasteiger partial charge >= 0.3 is 5.76 Å². The SMILES string of the molecule is O=c1cc(-c2ccc(F)cc2)oc(=O)[nH]1. The van der Waals surface area contributed by atoms with Crippen molar-refractivity contribution in [1.82, 2.24) is 4.98 Å². The van der Waals surface area contributed by atoms with Gasteiger partial charge in [0.1, 0.15) is 11.6 Å². The zero-order chi connectivity index (χ0) is 10.8. The molecule has 0 amide bonds. The second-order valence-electron chi connectivity index (χ2n) is 2.89. The lowest BCUT2D eigenvalue weighted by molar-refractivity contribution is 0.494. The number of aromatic amines is 1. The maximum Gasteiger partial charge on any atom is 0.419 e. The Morgan fingerprint density at radius 2 is 1.80 bits per heavy atom. The molecule has 1 aromatic heterocycles. The van der Waals surface area contributed by atoms with Gasteiger partial charge in [0.2, 0.25) is 0 Å². The molecule has 15 heavy (non-hydrogen) atoms. The molecule has 1 N–H and O–H groups in total. The van der Waals surface area contributed by atoms with Gasteiger partial charge in [0.05, 0.1) is 0 Å². The fourth-order valence-electron chi connectivity index (χ4n) is 1.17. The molecule has 0 aliphatic heterocycles. The minimum absolute atomic E-state index is 0.115.